The Morgan fingerprint density at radius 3 is 2.82 bits per heavy atom. The van der Waals surface area contributed by atoms with Crippen molar-refractivity contribution in [3.05, 3.63) is 35.5 Å². The van der Waals surface area contributed by atoms with Crippen molar-refractivity contribution in [2.24, 2.45) is 0 Å². The molecule has 1 aliphatic carbocycles. The molecule has 8 heteroatoms. The summed E-state index contributed by atoms with van der Waals surface area (Å²) in [4.78, 5) is 39.2. The number of H-pyrrole nitrogens is 1. The Balaban J connectivity index is 0.000000185. The number of nitrogens with one attached hydrogen (secondary N) is 3. The number of hydrogen-bond donors (Lipinski definition) is 3. The molecule has 2 atom stereocenters. The number of piperidine rings is 1. The van der Waals surface area contributed by atoms with Gasteiger partial charge in [-0.05, 0) is 76.9 Å². The van der Waals surface area contributed by atoms with E-state index in [-0.39, 0.29) is 11.8 Å². The summed E-state index contributed by atoms with van der Waals surface area (Å²) in [5.41, 5.74) is 4.38. The highest BCUT2D eigenvalue weighted by molar-refractivity contribution is 5.88. The van der Waals surface area contributed by atoms with Crippen molar-refractivity contribution in [2.75, 3.05) is 39.8 Å². The summed E-state index contributed by atoms with van der Waals surface area (Å²) >= 11 is 0. The van der Waals surface area contributed by atoms with Gasteiger partial charge in [0.2, 0.25) is 6.41 Å². The highest BCUT2D eigenvalue weighted by atomic mass is 16.2. The van der Waals surface area contributed by atoms with Crippen LogP contribution in [0.2, 0.25) is 0 Å². The van der Waals surface area contributed by atoms with E-state index in [1.165, 1.54) is 49.2 Å². The van der Waals surface area contributed by atoms with Gasteiger partial charge in [0, 0.05) is 42.1 Å². The van der Waals surface area contributed by atoms with E-state index in [4.69, 9.17) is 0 Å². The lowest BCUT2D eigenvalue weighted by Gasteiger charge is -2.36. The predicted octanol–water partition coefficient (Wildman–Crippen LogP) is 2.64. The van der Waals surface area contributed by atoms with E-state index in [1.54, 1.807) is 12.5 Å². The Kier molecular flexibility index (Phi) is 9.03. The van der Waals surface area contributed by atoms with Gasteiger partial charge in [-0.15, -0.1) is 0 Å². The van der Waals surface area contributed by atoms with Crippen LogP contribution in [-0.4, -0.2) is 78.8 Å². The summed E-state index contributed by atoms with van der Waals surface area (Å²) in [5, 5.41) is 7.74. The van der Waals surface area contributed by atoms with Crippen molar-refractivity contribution in [3.63, 3.8) is 0 Å². The molecule has 2 heterocycles. The first-order valence-corrected chi connectivity index (χ1v) is 11.9. The summed E-state index contributed by atoms with van der Waals surface area (Å²) < 4.78 is 0. The molecule has 180 valence electrons. The minimum Gasteiger partial charge on any atom is -0.361 e. The number of nitrogens with zero attached hydrogens (tertiary/aromatic N) is 2. The second-order valence-corrected chi connectivity index (χ2v) is 9.02. The minimum absolute atomic E-state index is 0.100. The molecule has 2 unspecified atom stereocenters. The largest absolute Gasteiger partial charge is 0.361 e. The highest BCUT2D eigenvalue weighted by Gasteiger charge is 2.32. The maximum absolute atomic E-state index is 11.3. The van der Waals surface area contributed by atoms with Gasteiger partial charge in [0.15, 0.2) is 0 Å². The number of carbonyl (C=O) groups is 3. The van der Waals surface area contributed by atoms with Crippen LogP contribution >= 0.6 is 0 Å². The number of imide groups is 1. The van der Waals surface area contributed by atoms with Crippen LogP contribution in [0.4, 0.5) is 4.79 Å². The monoisotopic (exact) mass is 455 g/mol. The second kappa shape index (κ2) is 12.0. The molecule has 33 heavy (non-hydrogen) atoms. The maximum Gasteiger partial charge on any atom is 0.323 e. The maximum atomic E-state index is 11.3. The molecule has 1 aromatic carbocycles. The number of aromatic nitrogens is 1. The van der Waals surface area contributed by atoms with Gasteiger partial charge >= 0.3 is 6.03 Å². The van der Waals surface area contributed by atoms with Crippen molar-refractivity contribution in [3.8, 4) is 0 Å². The number of benzene rings is 1. The van der Waals surface area contributed by atoms with Gasteiger partial charge in [-0.25, -0.2) is 4.79 Å². The topological polar surface area (TPSA) is 97.5 Å². The fraction of sp³-hybridized carbons (Fsp3) is 0.560. The zero-order valence-corrected chi connectivity index (χ0v) is 20.0. The lowest BCUT2D eigenvalue weighted by Crippen LogP contribution is -2.43. The number of urea groups is 1. The smallest absolute Gasteiger partial charge is 0.323 e. The van der Waals surface area contributed by atoms with Gasteiger partial charge in [0.05, 0.1) is 6.54 Å². The number of amides is 3. The quantitative estimate of drug-likeness (QED) is 0.532. The van der Waals surface area contributed by atoms with Crippen molar-refractivity contribution in [1.82, 2.24) is 25.4 Å². The summed E-state index contributed by atoms with van der Waals surface area (Å²) in [6.07, 6.45) is 7.23. The van der Waals surface area contributed by atoms with E-state index >= 15 is 0 Å². The molecule has 1 aliphatic heterocycles. The van der Waals surface area contributed by atoms with E-state index in [1.807, 2.05) is 11.9 Å². The fourth-order valence-corrected chi connectivity index (χ4v) is 4.96. The van der Waals surface area contributed by atoms with Crippen LogP contribution in [0.5, 0.6) is 0 Å². The third kappa shape index (κ3) is 6.42. The van der Waals surface area contributed by atoms with E-state index in [9.17, 15) is 14.4 Å². The van der Waals surface area contributed by atoms with Gasteiger partial charge in [-0.2, -0.15) is 0 Å². The molecule has 3 amide bonds. The van der Waals surface area contributed by atoms with Crippen LogP contribution in [0.25, 0.3) is 10.9 Å². The van der Waals surface area contributed by atoms with Crippen LogP contribution in [0.1, 0.15) is 50.2 Å². The molecule has 0 bridgehead atoms. The average molecular weight is 456 g/mol. The van der Waals surface area contributed by atoms with E-state index < -0.39 is 0 Å². The van der Waals surface area contributed by atoms with Gasteiger partial charge in [0.1, 0.15) is 5.78 Å². The van der Waals surface area contributed by atoms with Gasteiger partial charge < -0.3 is 15.6 Å². The molecule has 0 radical (unpaired) electrons. The molecule has 1 aromatic heterocycles. The van der Waals surface area contributed by atoms with Gasteiger partial charge in [-0.1, -0.05) is 12.1 Å². The molecule has 1 saturated heterocycles. The van der Waals surface area contributed by atoms with Crippen molar-refractivity contribution in [2.45, 2.75) is 51.5 Å². The van der Waals surface area contributed by atoms with E-state index in [0.717, 1.165) is 10.8 Å². The standard InChI is InChI=1S/C14H16N2.C11H21N3O3/c1-3-11-10-4-2-6-15-13(10)7-9-8-16-12(5-1)14(9)11;1-4-12-11(17)14(9-15)7-5-6-13(3)8-10(2)16/h1,3,5,8,10,13,15-16H,2,4,6-7H2;9H,4-8H2,1-3H3,(H,12,17). The Hall–Kier alpha value is -2.71. The number of rotatable bonds is 8. The third-order valence-electron chi connectivity index (χ3n) is 6.39. The minimum atomic E-state index is -0.378. The second-order valence-electron chi connectivity index (χ2n) is 9.02. The number of aromatic amines is 1. The Morgan fingerprint density at radius 1 is 1.27 bits per heavy atom. The summed E-state index contributed by atoms with van der Waals surface area (Å²) in [6, 6.07) is 7.00. The van der Waals surface area contributed by atoms with Gasteiger partial charge in [0.25, 0.3) is 0 Å². The number of carbonyl (C=O) groups excluding carboxylic acids is 3. The molecular formula is C25H37N5O3. The first-order valence-electron chi connectivity index (χ1n) is 11.9. The first-order chi connectivity index (χ1) is 15.9. The Bertz CT molecular complexity index is 957. The fourth-order valence-electron chi connectivity index (χ4n) is 4.96. The van der Waals surface area contributed by atoms with Crippen LogP contribution in [0.3, 0.4) is 0 Å². The Labute approximate surface area is 196 Å². The molecule has 4 rings (SSSR count). The molecule has 1 fully saturated rings. The Morgan fingerprint density at radius 2 is 2.09 bits per heavy atom. The molecule has 3 N–H and O–H groups in total. The van der Waals surface area contributed by atoms with Crippen LogP contribution in [0, 0.1) is 0 Å². The number of ketones is 1. The number of likely N-dealkylation sites (N-methyl/N-ethyl adjacent to an activating group) is 1. The average Bonchev–Trinajstić information content (AvgIpc) is 3.21. The number of Topliss-reactive ketones (excluding diaryl/α,β-unsaturated/α-hetero) is 1. The van der Waals surface area contributed by atoms with E-state index in [0.29, 0.717) is 45.1 Å². The summed E-state index contributed by atoms with van der Waals surface area (Å²) in [5.74, 6) is 0.837. The third-order valence-corrected chi connectivity index (χ3v) is 6.39. The van der Waals surface area contributed by atoms with Crippen molar-refractivity contribution >= 4 is 29.1 Å². The van der Waals surface area contributed by atoms with Gasteiger partial charge in [-0.3, -0.25) is 19.4 Å². The number of fused-ring (bicyclic) bond motifs is 2. The zero-order valence-electron chi connectivity index (χ0n) is 20.0. The first kappa shape index (κ1) is 24.9. The molecule has 0 saturated carbocycles. The van der Waals surface area contributed by atoms with Crippen LogP contribution in [0.15, 0.2) is 24.4 Å². The normalized spacial score (nSPS) is 18.8. The molecule has 8 nitrogen and oxygen atoms in total. The number of hydrogen-bond acceptors (Lipinski definition) is 5. The summed E-state index contributed by atoms with van der Waals surface area (Å²) in [7, 11) is 1.83. The predicted molar refractivity (Wildman–Crippen MR) is 130 cm³/mol. The zero-order chi connectivity index (χ0) is 23.8. The van der Waals surface area contributed by atoms with Crippen LogP contribution in [-0.2, 0) is 16.0 Å². The summed E-state index contributed by atoms with van der Waals surface area (Å²) in [6.45, 7) is 6.43. The SMILES string of the molecule is CCNC(=O)N(C=O)CCCN(C)CC(C)=O.c1cc2c3c(c[nH]c3c1)CC1NCCCC21. The van der Waals surface area contributed by atoms with Crippen molar-refractivity contribution < 1.29 is 14.4 Å². The van der Waals surface area contributed by atoms with Crippen molar-refractivity contribution in [1.29, 1.82) is 0 Å². The lowest BCUT2D eigenvalue weighted by atomic mass is 9.76. The molecular weight excluding hydrogens is 418 g/mol. The van der Waals surface area contributed by atoms with Crippen LogP contribution < -0.4 is 10.6 Å². The highest BCUT2D eigenvalue weighted by Crippen LogP contribution is 2.40. The molecule has 0 spiro atoms. The molecule has 2 aromatic rings. The lowest BCUT2D eigenvalue weighted by molar-refractivity contribution is -0.118. The van der Waals surface area contributed by atoms with E-state index in [2.05, 4.69) is 40.0 Å². The molecule has 2 aliphatic rings.